The first-order valence-electron chi connectivity index (χ1n) is 6.75. The van der Waals surface area contributed by atoms with Crippen molar-refractivity contribution < 1.29 is 23.4 Å². The molecule has 1 aromatic carbocycles. The molecule has 0 aliphatic carbocycles. The van der Waals surface area contributed by atoms with E-state index in [1.54, 1.807) is 13.8 Å². The third-order valence-corrected chi connectivity index (χ3v) is 5.93. The number of nitrogens with zero attached hydrogens (tertiary/aromatic N) is 1. The van der Waals surface area contributed by atoms with Gasteiger partial charge in [-0.25, -0.2) is 13.2 Å². The second-order valence-electron chi connectivity index (χ2n) is 5.44. The third kappa shape index (κ3) is 3.09. The number of hydrogen-bond donors (Lipinski definition) is 2. The van der Waals surface area contributed by atoms with Crippen molar-refractivity contribution in [1.82, 2.24) is 4.31 Å². The van der Waals surface area contributed by atoms with Gasteiger partial charge in [-0.15, -0.1) is 0 Å². The van der Waals surface area contributed by atoms with Gasteiger partial charge in [-0.2, -0.15) is 4.31 Å². The maximum atomic E-state index is 12.6. The molecule has 0 amide bonds. The zero-order valence-electron chi connectivity index (χ0n) is 12.0. The van der Waals surface area contributed by atoms with Gasteiger partial charge in [-0.3, -0.25) is 0 Å². The molecular formula is C14H19NO5S. The summed E-state index contributed by atoms with van der Waals surface area (Å²) in [5.41, 5.74) is 0.464. The quantitative estimate of drug-likeness (QED) is 0.867. The van der Waals surface area contributed by atoms with Crippen molar-refractivity contribution in [3.05, 3.63) is 29.3 Å². The number of benzene rings is 1. The van der Waals surface area contributed by atoms with E-state index >= 15 is 0 Å². The Morgan fingerprint density at radius 2 is 2.10 bits per heavy atom. The fraction of sp³-hybridized carbons (Fsp3) is 0.500. The van der Waals surface area contributed by atoms with Gasteiger partial charge in [0.1, 0.15) is 0 Å². The number of aromatic carboxylic acids is 1. The van der Waals surface area contributed by atoms with Gasteiger partial charge in [-0.05, 0) is 43.9 Å². The van der Waals surface area contributed by atoms with E-state index in [2.05, 4.69) is 0 Å². The zero-order valence-corrected chi connectivity index (χ0v) is 12.8. The molecule has 7 heteroatoms. The third-order valence-electron chi connectivity index (χ3n) is 3.92. The van der Waals surface area contributed by atoms with E-state index in [1.165, 1.54) is 22.5 Å². The van der Waals surface area contributed by atoms with Crippen LogP contribution >= 0.6 is 0 Å². The van der Waals surface area contributed by atoms with Crippen LogP contribution in [0.15, 0.2) is 23.1 Å². The highest BCUT2D eigenvalue weighted by Crippen LogP contribution is 2.28. The van der Waals surface area contributed by atoms with Gasteiger partial charge in [0.2, 0.25) is 10.0 Å². The van der Waals surface area contributed by atoms with Crippen LogP contribution in [0.2, 0.25) is 0 Å². The summed E-state index contributed by atoms with van der Waals surface area (Å²) in [5.74, 6) is -1.24. The van der Waals surface area contributed by atoms with Crippen molar-refractivity contribution in [3.63, 3.8) is 0 Å². The van der Waals surface area contributed by atoms with E-state index in [0.717, 1.165) is 0 Å². The lowest BCUT2D eigenvalue weighted by atomic mass is 10.0. The van der Waals surface area contributed by atoms with Crippen LogP contribution in [0, 0.1) is 12.8 Å². The number of aryl methyl sites for hydroxylation is 1. The summed E-state index contributed by atoms with van der Waals surface area (Å²) in [4.78, 5) is 11.0. The molecule has 0 radical (unpaired) electrons. The Labute approximate surface area is 124 Å². The molecule has 2 N–H and O–H groups in total. The summed E-state index contributed by atoms with van der Waals surface area (Å²) in [7, 11) is -3.73. The van der Waals surface area contributed by atoms with Crippen molar-refractivity contribution >= 4 is 16.0 Å². The SMILES string of the molecule is Cc1ccc(C(=O)O)cc1S(=O)(=O)N1CCC(C(C)O)C1. The molecule has 6 nitrogen and oxygen atoms in total. The van der Waals surface area contributed by atoms with Crippen molar-refractivity contribution in [1.29, 1.82) is 0 Å². The average Bonchev–Trinajstić information content (AvgIpc) is 2.89. The maximum absolute atomic E-state index is 12.6. The predicted octanol–water partition coefficient (Wildman–Crippen LogP) is 1.08. The fourth-order valence-electron chi connectivity index (χ4n) is 2.52. The molecule has 2 unspecified atom stereocenters. The minimum absolute atomic E-state index is 0.0219. The molecule has 1 saturated heterocycles. The van der Waals surface area contributed by atoms with Crippen LogP contribution in [0.5, 0.6) is 0 Å². The molecule has 1 aliphatic heterocycles. The average molecular weight is 313 g/mol. The maximum Gasteiger partial charge on any atom is 0.335 e. The highest BCUT2D eigenvalue weighted by molar-refractivity contribution is 7.89. The molecule has 2 atom stereocenters. The molecule has 0 aromatic heterocycles. The van der Waals surface area contributed by atoms with Crippen LogP contribution in [0.3, 0.4) is 0 Å². The molecule has 0 saturated carbocycles. The number of hydrogen-bond acceptors (Lipinski definition) is 4. The number of carboxylic acids is 1. The molecular weight excluding hydrogens is 294 g/mol. The predicted molar refractivity (Wildman–Crippen MR) is 76.7 cm³/mol. The van der Waals surface area contributed by atoms with Gasteiger partial charge in [0.05, 0.1) is 16.6 Å². The Morgan fingerprint density at radius 3 is 2.62 bits per heavy atom. The number of rotatable bonds is 4. The van der Waals surface area contributed by atoms with E-state index in [4.69, 9.17) is 5.11 Å². The lowest BCUT2D eigenvalue weighted by Crippen LogP contribution is -2.31. The zero-order chi connectivity index (χ0) is 15.8. The molecule has 1 aliphatic rings. The fourth-order valence-corrected chi connectivity index (χ4v) is 4.28. The molecule has 21 heavy (non-hydrogen) atoms. The number of carboxylic acid groups (broad SMARTS) is 1. The van der Waals surface area contributed by atoms with Gasteiger partial charge < -0.3 is 10.2 Å². The van der Waals surface area contributed by atoms with E-state index < -0.39 is 22.1 Å². The first kappa shape index (κ1) is 15.9. The monoisotopic (exact) mass is 313 g/mol. The van der Waals surface area contributed by atoms with Crippen LogP contribution in [-0.2, 0) is 10.0 Å². The summed E-state index contributed by atoms with van der Waals surface area (Å²) in [6, 6.07) is 4.08. The summed E-state index contributed by atoms with van der Waals surface area (Å²) < 4.78 is 26.6. The molecule has 2 rings (SSSR count). The van der Waals surface area contributed by atoms with Crippen LogP contribution in [0.25, 0.3) is 0 Å². The van der Waals surface area contributed by atoms with E-state index in [9.17, 15) is 18.3 Å². The molecule has 1 heterocycles. The summed E-state index contributed by atoms with van der Waals surface area (Å²) in [6.07, 6.45) is 0.0471. The van der Waals surface area contributed by atoms with E-state index in [-0.39, 0.29) is 22.9 Å². The first-order valence-corrected chi connectivity index (χ1v) is 8.19. The van der Waals surface area contributed by atoms with Crippen LogP contribution < -0.4 is 0 Å². The molecule has 0 spiro atoms. The normalized spacial score (nSPS) is 21.4. The molecule has 116 valence electrons. The van der Waals surface area contributed by atoms with Crippen LogP contribution in [-0.4, -0.2) is 48.1 Å². The van der Waals surface area contributed by atoms with Gasteiger partial charge in [0.15, 0.2) is 0 Å². The topological polar surface area (TPSA) is 94.9 Å². The van der Waals surface area contributed by atoms with Gasteiger partial charge in [0, 0.05) is 13.1 Å². The Bertz CT molecular complexity index is 653. The van der Waals surface area contributed by atoms with Crippen LogP contribution in [0.1, 0.15) is 29.3 Å². The second-order valence-corrected chi connectivity index (χ2v) is 7.34. The minimum atomic E-state index is -3.73. The Morgan fingerprint density at radius 1 is 1.43 bits per heavy atom. The highest BCUT2D eigenvalue weighted by Gasteiger charge is 2.35. The highest BCUT2D eigenvalue weighted by atomic mass is 32.2. The molecule has 1 fully saturated rings. The minimum Gasteiger partial charge on any atom is -0.478 e. The van der Waals surface area contributed by atoms with Gasteiger partial charge >= 0.3 is 5.97 Å². The Kier molecular flexibility index (Phi) is 4.36. The van der Waals surface area contributed by atoms with Gasteiger partial charge in [-0.1, -0.05) is 6.07 Å². The second kappa shape index (κ2) is 5.75. The van der Waals surface area contributed by atoms with Gasteiger partial charge in [0.25, 0.3) is 0 Å². The van der Waals surface area contributed by atoms with E-state index in [0.29, 0.717) is 18.5 Å². The first-order chi connectivity index (χ1) is 9.73. The van der Waals surface area contributed by atoms with Crippen molar-refractivity contribution in [2.24, 2.45) is 5.92 Å². The lowest BCUT2D eigenvalue weighted by Gasteiger charge is -2.19. The number of aliphatic hydroxyl groups excluding tert-OH is 1. The smallest absolute Gasteiger partial charge is 0.335 e. The largest absolute Gasteiger partial charge is 0.478 e. The standard InChI is InChI=1S/C14H19NO5S/c1-9-3-4-11(14(17)18)7-13(9)21(19,20)15-6-5-12(8-15)10(2)16/h3-4,7,10,12,16H,5-6,8H2,1-2H3,(H,17,18). The van der Waals surface area contributed by atoms with E-state index in [1.807, 2.05) is 0 Å². The van der Waals surface area contributed by atoms with Crippen molar-refractivity contribution in [2.45, 2.75) is 31.3 Å². The molecule has 0 bridgehead atoms. The van der Waals surface area contributed by atoms with Crippen molar-refractivity contribution in [2.75, 3.05) is 13.1 Å². The summed E-state index contributed by atoms with van der Waals surface area (Å²) in [5, 5.41) is 18.6. The summed E-state index contributed by atoms with van der Waals surface area (Å²) in [6.45, 7) is 3.89. The Hall–Kier alpha value is -1.44. The summed E-state index contributed by atoms with van der Waals surface area (Å²) >= 11 is 0. The van der Waals surface area contributed by atoms with Crippen molar-refractivity contribution in [3.8, 4) is 0 Å². The number of carbonyl (C=O) groups is 1. The molecule has 1 aromatic rings. The number of sulfonamides is 1. The van der Waals surface area contributed by atoms with Crippen LogP contribution in [0.4, 0.5) is 0 Å². The number of aliphatic hydroxyl groups is 1. The lowest BCUT2D eigenvalue weighted by molar-refractivity contribution is 0.0696. The Balaban J connectivity index is 2.36.